The summed E-state index contributed by atoms with van der Waals surface area (Å²) in [6, 6.07) is 3.43. The lowest BCUT2D eigenvalue weighted by molar-refractivity contribution is -0.123. The van der Waals surface area contributed by atoms with E-state index >= 15 is 0 Å². The van der Waals surface area contributed by atoms with Gasteiger partial charge in [-0.25, -0.2) is 19.2 Å². The predicted molar refractivity (Wildman–Crippen MR) is 141 cm³/mol. The molecule has 0 radical (unpaired) electrons. The van der Waals surface area contributed by atoms with Gasteiger partial charge in [-0.1, -0.05) is 0 Å². The number of benzene rings is 1. The Hall–Kier alpha value is -4.93. The van der Waals surface area contributed by atoms with Crippen LogP contribution in [0.5, 0.6) is 11.6 Å². The summed E-state index contributed by atoms with van der Waals surface area (Å²) < 4.78 is 31.3. The number of tetrazole rings is 1. The quantitative estimate of drug-likeness (QED) is 0.331. The second-order valence-electron chi connectivity index (χ2n) is 9.69. The molecular formula is C25H28FN9O7. The number of nitrogens with one attached hydrogen (secondary N) is 1. The smallest absolute Gasteiger partial charge is 0.415 e. The van der Waals surface area contributed by atoms with E-state index in [9.17, 15) is 14.0 Å². The third kappa shape index (κ3) is 6.51. The molecule has 0 saturated carbocycles. The summed E-state index contributed by atoms with van der Waals surface area (Å²) in [5, 5.41) is 20.8. The number of carbonyl (C=O) groups excluding carboxylic acids is 2. The van der Waals surface area contributed by atoms with Crippen LogP contribution in [0.25, 0.3) is 0 Å². The molecule has 0 bridgehead atoms. The van der Waals surface area contributed by atoms with E-state index in [1.165, 1.54) is 28.3 Å². The number of carbonyl (C=O) groups is 3. The third-order valence-electron chi connectivity index (χ3n) is 7.01. The van der Waals surface area contributed by atoms with E-state index < -0.39 is 6.09 Å². The van der Waals surface area contributed by atoms with Crippen molar-refractivity contribution in [3.05, 3.63) is 41.6 Å². The minimum Gasteiger partial charge on any atom is -0.491 e. The van der Waals surface area contributed by atoms with Crippen molar-refractivity contribution < 1.29 is 38.1 Å². The largest absolute Gasteiger partial charge is 0.491 e. The number of rotatable bonds is 9. The highest BCUT2D eigenvalue weighted by atomic mass is 19.1. The van der Waals surface area contributed by atoms with Crippen LogP contribution in [0.1, 0.15) is 17.5 Å². The van der Waals surface area contributed by atoms with Gasteiger partial charge in [0.05, 0.1) is 19.3 Å². The molecule has 6 rings (SSSR count). The van der Waals surface area contributed by atoms with Crippen LogP contribution in [0, 0.1) is 5.82 Å². The standard InChI is InChI=1S/C24H26FN9O5.CH2O2/c1-32(15-6-14-7-17(9-19(25)18(14)8-15)37-5-4-34-28-13-27-31-34)3-2-16-11-33(24(36)39-16)20-10-26-23-22(29-20)30-21(35)12-38-23;2-1-3/h7,9-10,13,15-16H,2-6,8,11-12H2,1H3,(H,29,30,35);1H,(H,2,3). The SMILES string of the molecule is CN(CCC1CN(c2cnc3c(n2)NC(=O)CO3)C(=O)O1)C1Cc2cc(OCCn3ncnn3)cc(F)c2C1.O=CO. The van der Waals surface area contributed by atoms with Gasteiger partial charge < -0.3 is 29.5 Å². The molecule has 2 aromatic heterocycles. The summed E-state index contributed by atoms with van der Waals surface area (Å²) in [4.78, 5) is 45.9. The van der Waals surface area contributed by atoms with Gasteiger partial charge in [-0.3, -0.25) is 14.5 Å². The topological polar surface area (TPSA) is 187 Å². The Morgan fingerprint density at radius 3 is 2.93 bits per heavy atom. The Bertz CT molecular complexity index is 1440. The van der Waals surface area contributed by atoms with Crippen molar-refractivity contribution in [2.75, 3.05) is 43.6 Å². The number of amides is 2. The number of hydrogen-bond donors (Lipinski definition) is 2. The summed E-state index contributed by atoms with van der Waals surface area (Å²) in [5.74, 6) is 0.527. The summed E-state index contributed by atoms with van der Waals surface area (Å²) >= 11 is 0. The monoisotopic (exact) mass is 585 g/mol. The van der Waals surface area contributed by atoms with Crippen LogP contribution in [-0.4, -0.2) is 104 Å². The van der Waals surface area contributed by atoms with Crippen LogP contribution < -0.4 is 19.7 Å². The van der Waals surface area contributed by atoms with Gasteiger partial charge in [0.2, 0.25) is 0 Å². The van der Waals surface area contributed by atoms with Crippen molar-refractivity contribution in [3.8, 4) is 11.6 Å². The van der Waals surface area contributed by atoms with Crippen molar-refractivity contribution in [2.45, 2.75) is 38.0 Å². The number of cyclic esters (lactones) is 1. The summed E-state index contributed by atoms with van der Waals surface area (Å²) in [6.07, 6.45) is 3.78. The fourth-order valence-corrected chi connectivity index (χ4v) is 4.95. The van der Waals surface area contributed by atoms with Gasteiger partial charge in [0.25, 0.3) is 18.3 Å². The number of nitrogens with zero attached hydrogens (tertiary/aromatic N) is 8. The molecule has 2 amide bonds. The zero-order valence-electron chi connectivity index (χ0n) is 22.6. The number of carboxylic acid groups (broad SMARTS) is 1. The Kier molecular flexibility index (Phi) is 8.66. The maximum Gasteiger partial charge on any atom is 0.415 e. The van der Waals surface area contributed by atoms with Crippen LogP contribution in [0.2, 0.25) is 0 Å². The van der Waals surface area contributed by atoms with Crippen LogP contribution in [-0.2, 0) is 33.7 Å². The third-order valence-corrected chi connectivity index (χ3v) is 7.01. The number of hydrogen-bond acceptors (Lipinski definition) is 12. The molecule has 3 aliphatic rings. The molecular weight excluding hydrogens is 557 g/mol. The molecule has 2 unspecified atom stereocenters. The fourth-order valence-electron chi connectivity index (χ4n) is 4.95. The maximum atomic E-state index is 14.9. The Balaban J connectivity index is 0.00000113. The lowest BCUT2D eigenvalue weighted by Crippen LogP contribution is -2.35. The average Bonchev–Trinajstić information content (AvgIpc) is 3.72. The van der Waals surface area contributed by atoms with Gasteiger partial charge in [-0.05, 0) is 48.7 Å². The van der Waals surface area contributed by atoms with Crippen LogP contribution >= 0.6 is 0 Å². The molecule has 2 N–H and O–H groups in total. The maximum absolute atomic E-state index is 14.9. The number of ether oxygens (including phenoxy) is 3. The first-order valence-corrected chi connectivity index (χ1v) is 13.1. The molecule has 2 aliphatic heterocycles. The molecule has 0 spiro atoms. The highest BCUT2D eigenvalue weighted by Crippen LogP contribution is 2.32. The molecule has 2 atom stereocenters. The first-order chi connectivity index (χ1) is 20.3. The highest BCUT2D eigenvalue weighted by molar-refractivity contribution is 5.94. The van der Waals surface area contributed by atoms with Crippen LogP contribution in [0.15, 0.2) is 24.7 Å². The molecule has 222 valence electrons. The van der Waals surface area contributed by atoms with Crippen molar-refractivity contribution in [1.29, 1.82) is 0 Å². The van der Waals surface area contributed by atoms with E-state index in [1.54, 1.807) is 0 Å². The normalized spacial score (nSPS) is 18.8. The Labute approximate surface area is 238 Å². The van der Waals surface area contributed by atoms with E-state index in [-0.39, 0.29) is 54.5 Å². The van der Waals surface area contributed by atoms with E-state index in [4.69, 9.17) is 24.1 Å². The zero-order chi connectivity index (χ0) is 29.6. The number of halogens is 1. The van der Waals surface area contributed by atoms with Crippen LogP contribution in [0.4, 0.5) is 20.8 Å². The Morgan fingerprint density at radius 2 is 2.14 bits per heavy atom. The second kappa shape index (κ2) is 12.7. The van der Waals surface area contributed by atoms with Crippen molar-refractivity contribution in [1.82, 2.24) is 35.1 Å². The lowest BCUT2D eigenvalue weighted by Gasteiger charge is -2.25. The van der Waals surface area contributed by atoms with Crippen LogP contribution in [0.3, 0.4) is 0 Å². The second-order valence-corrected chi connectivity index (χ2v) is 9.69. The van der Waals surface area contributed by atoms with Gasteiger partial charge in [0, 0.05) is 18.7 Å². The molecule has 1 saturated heterocycles. The van der Waals surface area contributed by atoms with Gasteiger partial charge in [0.15, 0.2) is 24.6 Å². The van der Waals surface area contributed by atoms with Gasteiger partial charge >= 0.3 is 6.09 Å². The minimum atomic E-state index is -0.526. The number of fused-ring (bicyclic) bond motifs is 2. The van der Waals surface area contributed by atoms with E-state index in [2.05, 4.69) is 35.6 Å². The predicted octanol–water partition coefficient (Wildman–Crippen LogP) is 0.527. The molecule has 3 aromatic rings. The molecule has 1 aromatic carbocycles. The number of likely N-dealkylation sites (N-methyl/N-ethyl adjacent to an activating group) is 1. The summed E-state index contributed by atoms with van der Waals surface area (Å²) in [5.41, 5.74) is 1.64. The summed E-state index contributed by atoms with van der Waals surface area (Å²) in [7, 11) is 1.99. The first-order valence-electron chi connectivity index (χ1n) is 13.1. The molecule has 17 heteroatoms. The zero-order valence-corrected chi connectivity index (χ0v) is 22.6. The summed E-state index contributed by atoms with van der Waals surface area (Å²) in [6.45, 7) is 1.30. The van der Waals surface area contributed by atoms with E-state index in [0.717, 1.165) is 5.56 Å². The van der Waals surface area contributed by atoms with Gasteiger partial charge in [0.1, 0.15) is 24.3 Å². The number of anilines is 2. The molecule has 1 fully saturated rings. The van der Waals surface area contributed by atoms with E-state index in [0.29, 0.717) is 56.8 Å². The van der Waals surface area contributed by atoms with Gasteiger partial charge in [-0.15, -0.1) is 10.2 Å². The first kappa shape index (κ1) is 28.6. The molecule has 42 heavy (non-hydrogen) atoms. The van der Waals surface area contributed by atoms with Gasteiger partial charge in [-0.2, -0.15) is 4.80 Å². The molecule has 16 nitrogen and oxygen atoms in total. The van der Waals surface area contributed by atoms with Crippen molar-refractivity contribution >= 4 is 30.1 Å². The molecule has 4 heterocycles. The van der Waals surface area contributed by atoms with Crippen molar-refractivity contribution in [2.24, 2.45) is 0 Å². The number of aromatic nitrogens is 6. The highest BCUT2D eigenvalue weighted by Gasteiger charge is 2.35. The molecule has 1 aliphatic carbocycles. The van der Waals surface area contributed by atoms with Crippen molar-refractivity contribution in [3.63, 3.8) is 0 Å². The lowest BCUT2D eigenvalue weighted by atomic mass is 10.1. The Morgan fingerprint density at radius 1 is 1.31 bits per heavy atom. The minimum absolute atomic E-state index is 0.118. The average molecular weight is 586 g/mol. The van der Waals surface area contributed by atoms with E-state index in [1.807, 2.05) is 13.1 Å². The fraction of sp³-hybridized carbons (Fsp3) is 0.440.